The van der Waals surface area contributed by atoms with E-state index in [9.17, 15) is 4.79 Å². The molecule has 1 saturated carbocycles. The molecule has 0 aliphatic heterocycles. The van der Waals surface area contributed by atoms with E-state index in [0.717, 1.165) is 17.4 Å². The highest BCUT2D eigenvalue weighted by Crippen LogP contribution is 2.28. The largest absolute Gasteiger partial charge is 0.379 e. The van der Waals surface area contributed by atoms with Crippen LogP contribution in [0.1, 0.15) is 23.2 Å². The lowest BCUT2D eigenvalue weighted by Gasteiger charge is -2.17. The molecule has 1 amide bonds. The van der Waals surface area contributed by atoms with Gasteiger partial charge in [-0.15, -0.1) is 12.6 Å². The fourth-order valence-corrected chi connectivity index (χ4v) is 1.81. The maximum atomic E-state index is 12.0. The summed E-state index contributed by atoms with van der Waals surface area (Å²) in [6.07, 6.45) is 2.59. The summed E-state index contributed by atoms with van der Waals surface area (Å²) in [5, 5.41) is 0. The Kier molecular flexibility index (Phi) is 4.66. The van der Waals surface area contributed by atoms with Gasteiger partial charge in [-0.2, -0.15) is 0 Å². The Morgan fingerprint density at radius 2 is 2.06 bits per heavy atom. The maximum Gasteiger partial charge on any atom is 0.253 e. The van der Waals surface area contributed by atoms with Gasteiger partial charge in [-0.05, 0) is 43.0 Å². The lowest BCUT2D eigenvalue weighted by Crippen LogP contribution is -2.30. The molecule has 0 bridgehead atoms. The highest BCUT2D eigenvalue weighted by atomic mass is 32.1. The average Bonchev–Trinajstić information content (AvgIpc) is 3.18. The number of hydrogen-bond acceptors (Lipinski definition) is 3. The highest BCUT2D eigenvalue weighted by Gasteiger charge is 2.21. The summed E-state index contributed by atoms with van der Waals surface area (Å²) >= 11 is 4.20. The summed E-state index contributed by atoms with van der Waals surface area (Å²) in [7, 11) is 1.80. The van der Waals surface area contributed by atoms with E-state index < -0.39 is 0 Å². The number of nitrogens with zero attached hydrogens (tertiary/aromatic N) is 1. The van der Waals surface area contributed by atoms with Gasteiger partial charge in [0.15, 0.2) is 0 Å². The first-order chi connectivity index (χ1) is 8.66. The molecule has 2 rings (SSSR count). The van der Waals surface area contributed by atoms with Crippen molar-refractivity contribution in [2.24, 2.45) is 5.92 Å². The molecule has 4 heteroatoms. The number of benzene rings is 1. The molecule has 0 unspecified atom stereocenters. The summed E-state index contributed by atoms with van der Waals surface area (Å²) in [6.45, 7) is 2.09. The van der Waals surface area contributed by atoms with Crippen molar-refractivity contribution in [3.05, 3.63) is 29.8 Å². The van der Waals surface area contributed by atoms with Gasteiger partial charge in [0.2, 0.25) is 0 Å². The number of ether oxygens (including phenoxy) is 1. The van der Waals surface area contributed by atoms with Crippen molar-refractivity contribution >= 4 is 18.5 Å². The number of likely N-dealkylation sites (N-methyl/N-ethyl adjacent to an activating group) is 1. The van der Waals surface area contributed by atoms with E-state index in [1.165, 1.54) is 12.8 Å². The van der Waals surface area contributed by atoms with Gasteiger partial charge >= 0.3 is 0 Å². The first-order valence-electron chi connectivity index (χ1n) is 6.29. The number of hydrogen-bond donors (Lipinski definition) is 1. The fraction of sp³-hybridized carbons (Fsp3) is 0.500. The van der Waals surface area contributed by atoms with Crippen LogP contribution in [0.5, 0.6) is 0 Å². The standard InChI is InChI=1S/C14H19NO2S/c1-15(8-9-17-10-11-2-3-11)14(16)12-4-6-13(18)7-5-12/h4-7,11,18H,2-3,8-10H2,1H3. The summed E-state index contributed by atoms with van der Waals surface area (Å²) in [4.78, 5) is 14.6. The van der Waals surface area contributed by atoms with Gasteiger partial charge in [0, 0.05) is 30.7 Å². The third-order valence-corrected chi connectivity index (χ3v) is 3.38. The lowest BCUT2D eigenvalue weighted by molar-refractivity contribution is 0.0681. The molecule has 0 N–H and O–H groups in total. The molecular formula is C14H19NO2S. The molecule has 0 aromatic heterocycles. The van der Waals surface area contributed by atoms with Crippen molar-refractivity contribution in [2.75, 3.05) is 26.8 Å². The molecule has 0 saturated heterocycles. The Bertz CT molecular complexity index is 401. The number of carbonyl (C=O) groups excluding carboxylic acids is 1. The third kappa shape index (κ3) is 4.03. The summed E-state index contributed by atoms with van der Waals surface area (Å²) in [6, 6.07) is 7.25. The molecule has 1 aliphatic carbocycles. The van der Waals surface area contributed by atoms with E-state index in [1.807, 2.05) is 12.1 Å². The Morgan fingerprint density at radius 3 is 2.67 bits per heavy atom. The Balaban J connectivity index is 1.74. The predicted octanol–water partition coefficient (Wildman–Crippen LogP) is 2.47. The van der Waals surface area contributed by atoms with Crippen molar-refractivity contribution in [3.63, 3.8) is 0 Å². The topological polar surface area (TPSA) is 29.5 Å². The quantitative estimate of drug-likeness (QED) is 0.632. The van der Waals surface area contributed by atoms with Gasteiger partial charge in [0.1, 0.15) is 0 Å². The summed E-state index contributed by atoms with van der Waals surface area (Å²) in [5.74, 6) is 0.798. The molecule has 98 valence electrons. The number of rotatable bonds is 6. The fourth-order valence-electron chi connectivity index (χ4n) is 1.66. The molecule has 18 heavy (non-hydrogen) atoms. The van der Waals surface area contributed by atoms with Gasteiger partial charge in [0.05, 0.1) is 6.61 Å². The molecule has 0 atom stereocenters. The van der Waals surface area contributed by atoms with Gasteiger partial charge in [-0.25, -0.2) is 0 Å². The minimum absolute atomic E-state index is 0.0263. The van der Waals surface area contributed by atoms with E-state index in [2.05, 4.69) is 12.6 Å². The SMILES string of the molecule is CN(CCOCC1CC1)C(=O)c1ccc(S)cc1. The van der Waals surface area contributed by atoms with Crippen molar-refractivity contribution < 1.29 is 9.53 Å². The smallest absolute Gasteiger partial charge is 0.253 e. The second kappa shape index (κ2) is 6.25. The molecule has 1 aromatic rings. The Hall–Kier alpha value is -1.00. The zero-order valence-electron chi connectivity index (χ0n) is 10.6. The average molecular weight is 265 g/mol. The van der Waals surface area contributed by atoms with Crippen LogP contribution in [0.2, 0.25) is 0 Å². The number of thiol groups is 1. The molecule has 0 radical (unpaired) electrons. The van der Waals surface area contributed by atoms with Crippen LogP contribution in [-0.2, 0) is 4.74 Å². The highest BCUT2D eigenvalue weighted by molar-refractivity contribution is 7.80. The summed E-state index contributed by atoms with van der Waals surface area (Å²) < 4.78 is 5.53. The molecule has 1 fully saturated rings. The first kappa shape index (κ1) is 13.4. The van der Waals surface area contributed by atoms with E-state index in [4.69, 9.17) is 4.74 Å². The normalized spacial score (nSPS) is 14.6. The lowest BCUT2D eigenvalue weighted by atomic mass is 10.2. The molecular weight excluding hydrogens is 246 g/mol. The number of carbonyl (C=O) groups is 1. The van der Waals surface area contributed by atoms with Crippen LogP contribution in [0.3, 0.4) is 0 Å². The minimum Gasteiger partial charge on any atom is -0.379 e. The maximum absolute atomic E-state index is 12.0. The van der Waals surface area contributed by atoms with Crippen molar-refractivity contribution in [3.8, 4) is 0 Å². The van der Waals surface area contributed by atoms with E-state index in [1.54, 1.807) is 24.1 Å². The second-order valence-corrected chi connectivity index (χ2v) is 5.31. The Morgan fingerprint density at radius 1 is 1.39 bits per heavy atom. The Labute approximate surface area is 114 Å². The van der Waals surface area contributed by atoms with Gasteiger partial charge in [0.25, 0.3) is 5.91 Å². The zero-order chi connectivity index (χ0) is 13.0. The zero-order valence-corrected chi connectivity index (χ0v) is 11.5. The van der Waals surface area contributed by atoms with Crippen LogP contribution in [-0.4, -0.2) is 37.6 Å². The predicted molar refractivity (Wildman–Crippen MR) is 74.2 cm³/mol. The monoisotopic (exact) mass is 265 g/mol. The van der Waals surface area contributed by atoms with Crippen LogP contribution in [0.15, 0.2) is 29.2 Å². The molecule has 0 spiro atoms. The molecule has 3 nitrogen and oxygen atoms in total. The van der Waals surface area contributed by atoms with Crippen molar-refractivity contribution in [1.82, 2.24) is 4.90 Å². The molecule has 0 heterocycles. The number of amides is 1. The van der Waals surface area contributed by atoms with Gasteiger partial charge in [-0.3, -0.25) is 4.79 Å². The van der Waals surface area contributed by atoms with Crippen LogP contribution in [0.4, 0.5) is 0 Å². The van der Waals surface area contributed by atoms with E-state index in [-0.39, 0.29) is 5.91 Å². The molecule has 1 aliphatic rings. The summed E-state index contributed by atoms with van der Waals surface area (Å²) in [5.41, 5.74) is 0.692. The third-order valence-electron chi connectivity index (χ3n) is 3.08. The van der Waals surface area contributed by atoms with Gasteiger partial charge < -0.3 is 9.64 Å². The molecule has 1 aromatic carbocycles. The first-order valence-corrected chi connectivity index (χ1v) is 6.74. The van der Waals surface area contributed by atoms with Crippen LogP contribution < -0.4 is 0 Å². The van der Waals surface area contributed by atoms with Crippen molar-refractivity contribution in [1.29, 1.82) is 0 Å². The van der Waals surface area contributed by atoms with E-state index in [0.29, 0.717) is 18.7 Å². The van der Waals surface area contributed by atoms with Crippen LogP contribution in [0, 0.1) is 5.92 Å². The van der Waals surface area contributed by atoms with Crippen LogP contribution in [0.25, 0.3) is 0 Å². The minimum atomic E-state index is 0.0263. The van der Waals surface area contributed by atoms with E-state index >= 15 is 0 Å². The van der Waals surface area contributed by atoms with Crippen LogP contribution >= 0.6 is 12.6 Å². The van der Waals surface area contributed by atoms with Crippen molar-refractivity contribution in [2.45, 2.75) is 17.7 Å². The van der Waals surface area contributed by atoms with Gasteiger partial charge in [-0.1, -0.05) is 0 Å². The second-order valence-electron chi connectivity index (χ2n) is 4.79.